The maximum absolute atomic E-state index is 6.53. The molecule has 11 aromatic rings. The van der Waals surface area contributed by atoms with Gasteiger partial charge in [0.25, 0.3) is 0 Å². The van der Waals surface area contributed by atoms with E-state index < -0.39 is 0 Å². The molecule has 262 valence electrons. The summed E-state index contributed by atoms with van der Waals surface area (Å²) in [7, 11) is 0. The molecule has 0 spiro atoms. The Balaban J connectivity index is 0.997. The number of para-hydroxylation sites is 1. The molecule has 4 nitrogen and oxygen atoms in total. The van der Waals surface area contributed by atoms with E-state index in [1.165, 1.54) is 36.9 Å². The molecule has 3 aromatic heterocycles. The van der Waals surface area contributed by atoms with Crippen LogP contribution in [0.15, 0.2) is 192 Å². The van der Waals surface area contributed by atoms with E-state index in [2.05, 4.69) is 176 Å². The average Bonchev–Trinajstić information content (AvgIpc) is 3.85. The van der Waals surface area contributed by atoms with E-state index in [0.717, 1.165) is 55.3 Å². The predicted octanol–water partition coefficient (Wildman–Crippen LogP) is 14.1. The van der Waals surface area contributed by atoms with Crippen molar-refractivity contribution in [3.05, 3.63) is 188 Å². The Morgan fingerprint density at radius 1 is 0.321 bits per heavy atom. The first-order chi connectivity index (χ1) is 27.7. The zero-order valence-corrected chi connectivity index (χ0v) is 30.9. The SMILES string of the molecule is c1ccc(-c2ccc(-c3nc(-c4ccc(-c5cccc6c5oc5ccc(-c7ccccc7)cc56)cc4)nc(-c4ccc5c(c4)sc4ccccc45)n3)cc2)cc1. The number of thiophene rings is 1. The van der Waals surface area contributed by atoms with Gasteiger partial charge in [0.05, 0.1) is 0 Å². The van der Waals surface area contributed by atoms with Crippen molar-refractivity contribution in [1.29, 1.82) is 0 Å². The molecular weight excluding hydrogens is 703 g/mol. The molecule has 0 unspecified atom stereocenters. The third-order valence-corrected chi connectivity index (χ3v) is 11.7. The molecule has 56 heavy (non-hydrogen) atoms. The lowest BCUT2D eigenvalue weighted by molar-refractivity contribution is 0.670. The highest BCUT2D eigenvalue weighted by Crippen LogP contribution is 2.39. The summed E-state index contributed by atoms with van der Waals surface area (Å²) in [4.78, 5) is 15.3. The smallest absolute Gasteiger partial charge is 0.164 e. The van der Waals surface area contributed by atoms with E-state index in [4.69, 9.17) is 19.4 Å². The van der Waals surface area contributed by atoms with Crippen LogP contribution in [0.5, 0.6) is 0 Å². The molecule has 0 saturated carbocycles. The first-order valence-electron chi connectivity index (χ1n) is 18.7. The van der Waals surface area contributed by atoms with Crippen LogP contribution in [0.25, 0.3) is 110 Å². The molecule has 0 radical (unpaired) electrons. The fourth-order valence-corrected chi connectivity index (χ4v) is 8.85. The van der Waals surface area contributed by atoms with E-state index in [1.54, 1.807) is 11.3 Å². The molecule has 0 aliphatic carbocycles. The predicted molar refractivity (Wildman–Crippen MR) is 233 cm³/mol. The van der Waals surface area contributed by atoms with Gasteiger partial charge < -0.3 is 4.42 Å². The fourth-order valence-electron chi connectivity index (χ4n) is 7.71. The van der Waals surface area contributed by atoms with Crippen LogP contribution in [0.2, 0.25) is 0 Å². The van der Waals surface area contributed by atoms with E-state index in [-0.39, 0.29) is 0 Å². The minimum absolute atomic E-state index is 0.621. The number of benzene rings is 8. The lowest BCUT2D eigenvalue weighted by Crippen LogP contribution is -2.00. The van der Waals surface area contributed by atoms with Crippen LogP contribution < -0.4 is 0 Å². The number of furan rings is 1. The maximum atomic E-state index is 6.53. The Kier molecular flexibility index (Phi) is 7.64. The van der Waals surface area contributed by atoms with Crippen LogP contribution in [0.1, 0.15) is 0 Å². The minimum atomic E-state index is 0.621. The molecule has 0 saturated heterocycles. The van der Waals surface area contributed by atoms with Crippen molar-refractivity contribution in [3.8, 4) is 67.5 Å². The number of hydrogen-bond donors (Lipinski definition) is 0. The van der Waals surface area contributed by atoms with Crippen LogP contribution >= 0.6 is 11.3 Å². The first kappa shape index (κ1) is 32.2. The second-order valence-corrected chi connectivity index (χ2v) is 15.1. The maximum Gasteiger partial charge on any atom is 0.164 e. The molecular formula is C51H31N3OS. The van der Waals surface area contributed by atoms with Crippen molar-refractivity contribution in [2.24, 2.45) is 0 Å². The zero-order chi connectivity index (χ0) is 37.0. The van der Waals surface area contributed by atoms with Crippen molar-refractivity contribution in [3.63, 3.8) is 0 Å². The van der Waals surface area contributed by atoms with Gasteiger partial charge in [0.1, 0.15) is 11.2 Å². The lowest BCUT2D eigenvalue weighted by Gasteiger charge is -2.10. The van der Waals surface area contributed by atoms with Crippen LogP contribution in [0.3, 0.4) is 0 Å². The van der Waals surface area contributed by atoms with Crippen LogP contribution in [0, 0.1) is 0 Å². The summed E-state index contributed by atoms with van der Waals surface area (Å²) in [5.41, 5.74) is 11.3. The van der Waals surface area contributed by atoms with Gasteiger partial charge in [0.2, 0.25) is 0 Å². The van der Waals surface area contributed by atoms with Crippen molar-refractivity contribution in [1.82, 2.24) is 15.0 Å². The highest BCUT2D eigenvalue weighted by Gasteiger charge is 2.17. The van der Waals surface area contributed by atoms with Crippen molar-refractivity contribution < 1.29 is 4.42 Å². The molecule has 8 aromatic carbocycles. The molecule has 11 rings (SSSR count). The Morgan fingerprint density at radius 2 is 0.839 bits per heavy atom. The van der Waals surface area contributed by atoms with Crippen LogP contribution in [0.4, 0.5) is 0 Å². The molecule has 0 aliphatic heterocycles. The number of hydrogen-bond acceptors (Lipinski definition) is 5. The summed E-state index contributed by atoms with van der Waals surface area (Å²) in [6.07, 6.45) is 0. The van der Waals surface area contributed by atoms with Crippen molar-refractivity contribution >= 4 is 53.4 Å². The third kappa shape index (κ3) is 5.65. The summed E-state index contributed by atoms with van der Waals surface area (Å²) in [5, 5.41) is 4.72. The molecule has 0 N–H and O–H groups in total. The average molecular weight is 734 g/mol. The molecule has 0 bridgehead atoms. The molecule has 0 atom stereocenters. The number of fused-ring (bicyclic) bond motifs is 6. The van der Waals surface area contributed by atoms with Crippen LogP contribution in [-0.4, -0.2) is 15.0 Å². The topological polar surface area (TPSA) is 51.8 Å². The van der Waals surface area contributed by atoms with E-state index in [1.807, 2.05) is 12.1 Å². The van der Waals surface area contributed by atoms with Gasteiger partial charge in [-0.15, -0.1) is 11.3 Å². The highest BCUT2D eigenvalue weighted by molar-refractivity contribution is 7.25. The summed E-state index contributed by atoms with van der Waals surface area (Å²) < 4.78 is 9.00. The summed E-state index contributed by atoms with van der Waals surface area (Å²) >= 11 is 1.79. The lowest BCUT2D eigenvalue weighted by atomic mass is 9.99. The Bertz CT molecular complexity index is 3220. The number of nitrogens with zero attached hydrogens (tertiary/aromatic N) is 3. The quantitative estimate of drug-likeness (QED) is 0.171. The molecule has 0 aliphatic rings. The highest BCUT2D eigenvalue weighted by atomic mass is 32.1. The second kappa shape index (κ2) is 13.3. The van der Waals surface area contributed by atoms with Crippen LogP contribution in [-0.2, 0) is 0 Å². The fraction of sp³-hybridized carbons (Fsp3) is 0. The Hall–Kier alpha value is -7.21. The Labute approximate surface area is 327 Å². The van der Waals surface area contributed by atoms with E-state index >= 15 is 0 Å². The first-order valence-corrected chi connectivity index (χ1v) is 19.5. The van der Waals surface area contributed by atoms with Gasteiger partial charge in [0.15, 0.2) is 17.5 Å². The van der Waals surface area contributed by atoms with Gasteiger partial charge in [-0.25, -0.2) is 15.0 Å². The van der Waals surface area contributed by atoms with E-state index in [0.29, 0.717) is 17.5 Å². The minimum Gasteiger partial charge on any atom is -0.455 e. The summed E-state index contributed by atoms with van der Waals surface area (Å²) in [6.45, 7) is 0. The molecule has 3 heterocycles. The second-order valence-electron chi connectivity index (χ2n) is 14.0. The van der Waals surface area contributed by atoms with Gasteiger partial charge >= 0.3 is 0 Å². The zero-order valence-electron chi connectivity index (χ0n) is 30.1. The van der Waals surface area contributed by atoms with Gasteiger partial charge in [-0.2, -0.15) is 0 Å². The molecule has 5 heteroatoms. The third-order valence-electron chi connectivity index (χ3n) is 10.6. The van der Waals surface area contributed by atoms with Crippen molar-refractivity contribution in [2.75, 3.05) is 0 Å². The standard InChI is InChI=1S/C51H31N3OS/c1-3-10-32(11-4-1)34-18-22-36(23-19-34)49-52-50(54-51(53-49)39-26-28-42-41-14-7-8-17-46(41)56-47(42)31-39)37-24-20-35(21-25-37)40-15-9-16-43-44-30-38(33-12-5-2-6-13-33)27-29-45(44)55-48(40)43/h1-31H. The summed E-state index contributed by atoms with van der Waals surface area (Å²) in [6, 6.07) is 65.7. The normalized spacial score (nSPS) is 11.6. The van der Waals surface area contributed by atoms with Crippen molar-refractivity contribution in [2.45, 2.75) is 0 Å². The van der Waals surface area contributed by atoms with E-state index in [9.17, 15) is 0 Å². The largest absolute Gasteiger partial charge is 0.455 e. The molecule has 0 fully saturated rings. The van der Waals surface area contributed by atoms with Gasteiger partial charge in [0, 0.05) is 53.2 Å². The van der Waals surface area contributed by atoms with Gasteiger partial charge in [-0.3, -0.25) is 0 Å². The van der Waals surface area contributed by atoms with Gasteiger partial charge in [-0.1, -0.05) is 164 Å². The number of aromatic nitrogens is 3. The summed E-state index contributed by atoms with van der Waals surface area (Å²) in [5.74, 6) is 1.89. The van der Waals surface area contributed by atoms with Gasteiger partial charge in [-0.05, 0) is 52.1 Å². The molecule has 0 amide bonds. The number of rotatable bonds is 6. The Morgan fingerprint density at radius 3 is 1.55 bits per heavy atom. The monoisotopic (exact) mass is 733 g/mol.